The van der Waals surface area contributed by atoms with Crippen LogP contribution in [0.15, 0.2) is 6.20 Å². The average molecular weight is 265 g/mol. The lowest BCUT2D eigenvalue weighted by Gasteiger charge is -2.16. The van der Waals surface area contributed by atoms with Crippen molar-refractivity contribution in [1.82, 2.24) is 10.3 Å². The minimum Gasteiger partial charge on any atom is -0.349 e. The van der Waals surface area contributed by atoms with Gasteiger partial charge in [0.25, 0.3) is 0 Å². The molecule has 0 saturated carbocycles. The van der Waals surface area contributed by atoms with E-state index in [2.05, 4.69) is 41.9 Å². The molecular formula is C14H23N3S. The average Bonchev–Trinajstić information content (AvgIpc) is 2.85. The fourth-order valence-electron chi connectivity index (χ4n) is 1.78. The van der Waals surface area contributed by atoms with Gasteiger partial charge in [-0.25, -0.2) is 4.98 Å². The van der Waals surface area contributed by atoms with Crippen LogP contribution in [-0.4, -0.2) is 24.1 Å². The van der Waals surface area contributed by atoms with E-state index in [1.807, 2.05) is 6.20 Å². The van der Waals surface area contributed by atoms with Crippen LogP contribution in [0, 0.1) is 12.3 Å². The Balaban J connectivity index is 2.51. The summed E-state index contributed by atoms with van der Waals surface area (Å²) in [5.74, 6) is 2.79. The van der Waals surface area contributed by atoms with Crippen LogP contribution in [0.3, 0.4) is 0 Å². The number of terminal acetylenes is 1. The maximum atomic E-state index is 5.49. The predicted octanol–water partition coefficient (Wildman–Crippen LogP) is 2.88. The summed E-state index contributed by atoms with van der Waals surface area (Å²) in [4.78, 5) is 7.97. The van der Waals surface area contributed by atoms with Gasteiger partial charge in [-0.05, 0) is 20.3 Å². The van der Waals surface area contributed by atoms with Gasteiger partial charge in [0, 0.05) is 30.7 Å². The molecule has 0 radical (unpaired) electrons. The Hall–Kier alpha value is -1.05. The molecule has 1 aromatic heterocycles. The maximum Gasteiger partial charge on any atom is 0.185 e. The van der Waals surface area contributed by atoms with Crippen molar-refractivity contribution in [1.29, 1.82) is 0 Å². The van der Waals surface area contributed by atoms with Gasteiger partial charge in [-0.15, -0.1) is 17.8 Å². The first-order valence-corrected chi connectivity index (χ1v) is 7.45. The molecule has 0 fully saturated rings. The second-order valence-corrected chi connectivity index (χ2v) is 5.26. The molecule has 1 rings (SSSR count). The van der Waals surface area contributed by atoms with Crippen molar-refractivity contribution < 1.29 is 0 Å². The van der Waals surface area contributed by atoms with Gasteiger partial charge in [0.15, 0.2) is 5.13 Å². The second-order valence-electron chi connectivity index (χ2n) is 4.17. The van der Waals surface area contributed by atoms with E-state index in [1.54, 1.807) is 11.3 Å². The van der Waals surface area contributed by atoms with E-state index in [4.69, 9.17) is 6.42 Å². The lowest BCUT2D eigenvalue weighted by molar-refractivity contribution is 0.566. The van der Waals surface area contributed by atoms with Crippen molar-refractivity contribution in [3.63, 3.8) is 0 Å². The van der Waals surface area contributed by atoms with Gasteiger partial charge < -0.3 is 4.90 Å². The molecule has 1 unspecified atom stereocenters. The number of hydrogen-bond donors (Lipinski definition) is 1. The second kappa shape index (κ2) is 8.12. The van der Waals surface area contributed by atoms with E-state index in [-0.39, 0.29) is 6.04 Å². The standard InChI is InChI=1S/C14H23N3S/c1-5-9-12(6-2)15-10-13-11-16-14(18-13)17(7-3)8-4/h2,11-12,15H,5,7-10H2,1,3-4H3. The summed E-state index contributed by atoms with van der Waals surface area (Å²) < 4.78 is 0. The number of thiazole rings is 1. The van der Waals surface area contributed by atoms with E-state index in [9.17, 15) is 0 Å². The molecule has 0 aromatic carbocycles. The molecule has 0 amide bonds. The molecule has 1 heterocycles. The Morgan fingerprint density at radius 2 is 2.17 bits per heavy atom. The highest BCUT2D eigenvalue weighted by Crippen LogP contribution is 2.22. The molecule has 1 N–H and O–H groups in total. The van der Waals surface area contributed by atoms with Crippen LogP contribution in [0.4, 0.5) is 5.13 Å². The third-order valence-corrected chi connectivity index (χ3v) is 3.93. The Morgan fingerprint density at radius 3 is 2.72 bits per heavy atom. The van der Waals surface area contributed by atoms with Crippen molar-refractivity contribution in [2.24, 2.45) is 0 Å². The first-order valence-electron chi connectivity index (χ1n) is 6.64. The molecular weight excluding hydrogens is 242 g/mol. The predicted molar refractivity (Wildman–Crippen MR) is 80.0 cm³/mol. The van der Waals surface area contributed by atoms with Gasteiger partial charge in [-0.3, -0.25) is 5.32 Å². The molecule has 0 spiro atoms. The smallest absolute Gasteiger partial charge is 0.185 e. The van der Waals surface area contributed by atoms with E-state index in [0.29, 0.717) is 0 Å². The van der Waals surface area contributed by atoms with Crippen molar-refractivity contribution >= 4 is 16.5 Å². The molecule has 0 aliphatic rings. The van der Waals surface area contributed by atoms with Crippen LogP contribution in [0.1, 0.15) is 38.5 Å². The van der Waals surface area contributed by atoms with E-state index in [0.717, 1.165) is 37.6 Å². The van der Waals surface area contributed by atoms with Crippen LogP contribution in [-0.2, 0) is 6.54 Å². The molecule has 0 aliphatic carbocycles. The monoisotopic (exact) mass is 265 g/mol. The summed E-state index contributed by atoms with van der Waals surface area (Å²) in [5.41, 5.74) is 0. The van der Waals surface area contributed by atoms with Crippen LogP contribution in [0.25, 0.3) is 0 Å². The van der Waals surface area contributed by atoms with Crippen molar-refractivity contribution in [3.8, 4) is 12.3 Å². The van der Waals surface area contributed by atoms with Crippen molar-refractivity contribution in [2.45, 2.75) is 46.2 Å². The number of rotatable bonds is 8. The third kappa shape index (κ3) is 4.32. The summed E-state index contributed by atoms with van der Waals surface area (Å²) >= 11 is 1.74. The maximum absolute atomic E-state index is 5.49. The first kappa shape index (κ1) is 15.0. The molecule has 3 nitrogen and oxygen atoms in total. The van der Waals surface area contributed by atoms with Crippen LogP contribution in [0.5, 0.6) is 0 Å². The Labute approximate surface area is 115 Å². The summed E-state index contributed by atoms with van der Waals surface area (Å²) in [5, 5.41) is 4.49. The number of aromatic nitrogens is 1. The van der Waals surface area contributed by atoms with Crippen molar-refractivity contribution in [3.05, 3.63) is 11.1 Å². The highest BCUT2D eigenvalue weighted by atomic mass is 32.1. The van der Waals surface area contributed by atoms with Crippen LogP contribution in [0.2, 0.25) is 0 Å². The van der Waals surface area contributed by atoms with Gasteiger partial charge in [0.05, 0.1) is 6.04 Å². The molecule has 100 valence electrons. The Bertz CT molecular complexity index is 377. The SMILES string of the molecule is C#CC(CCC)NCc1cnc(N(CC)CC)s1. The van der Waals surface area contributed by atoms with E-state index >= 15 is 0 Å². The van der Waals surface area contributed by atoms with Crippen LogP contribution >= 0.6 is 11.3 Å². The quantitative estimate of drug-likeness (QED) is 0.733. The number of anilines is 1. The first-order chi connectivity index (χ1) is 8.74. The highest BCUT2D eigenvalue weighted by Gasteiger charge is 2.09. The largest absolute Gasteiger partial charge is 0.349 e. The highest BCUT2D eigenvalue weighted by molar-refractivity contribution is 7.15. The minimum atomic E-state index is 0.175. The fraction of sp³-hybridized carbons (Fsp3) is 0.643. The Morgan fingerprint density at radius 1 is 1.44 bits per heavy atom. The topological polar surface area (TPSA) is 28.2 Å². The lowest BCUT2D eigenvalue weighted by atomic mass is 10.2. The molecule has 18 heavy (non-hydrogen) atoms. The summed E-state index contributed by atoms with van der Waals surface area (Å²) in [6.45, 7) is 9.27. The molecule has 0 aliphatic heterocycles. The number of hydrogen-bond acceptors (Lipinski definition) is 4. The van der Waals surface area contributed by atoms with Gasteiger partial charge in [-0.1, -0.05) is 19.3 Å². The molecule has 1 atom stereocenters. The molecule has 4 heteroatoms. The van der Waals surface area contributed by atoms with Gasteiger partial charge >= 0.3 is 0 Å². The van der Waals surface area contributed by atoms with Gasteiger partial charge in [0.2, 0.25) is 0 Å². The fourth-order valence-corrected chi connectivity index (χ4v) is 2.76. The Kier molecular flexibility index (Phi) is 6.77. The van der Waals surface area contributed by atoms with Gasteiger partial charge in [0.1, 0.15) is 0 Å². The van der Waals surface area contributed by atoms with Gasteiger partial charge in [-0.2, -0.15) is 0 Å². The normalized spacial score (nSPS) is 12.1. The summed E-state index contributed by atoms with van der Waals surface area (Å²) in [6, 6.07) is 0.175. The van der Waals surface area contributed by atoms with E-state index in [1.165, 1.54) is 4.88 Å². The minimum absolute atomic E-state index is 0.175. The molecule has 1 aromatic rings. The number of nitrogens with zero attached hydrogens (tertiary/aromatic N) is 2. The van der Waals surface area contributed by atoms with E-state index < -0.39 is 0 Å². The van der Waals surface area contributed by atoms with Crippen LogP contribution < -0.4 is 10.2 Å². The molecule has 0 saturated heterocycles. The zero-order chi connectivity index (χ0) is 13.4. The zero-order valence-corrected chi connectivity index (χ0v) is 12.4. The summed E-state index contributed by atoms with van der Waals surface area (Å²) in [6.07, 6.45) is 9.57. The van der Waals surface area contributed by atoms with Crippen molar-refractivity contribution in [2.75, 3.05) is 18.0 Å². The molecule has 0 bridgehead atoms. The lowest BCUT2D eigenvalue weighted by Crippen LogP contribution is -2.26. The zero-order valence-electron chi connectivity index (χ0n) is 11.6. The third-order valence-electron chi connectivity index (χ3n) is 2.88. The number of nitrogens with one attached hydrogen (secondary N) is 1. The summed E-state index contributed by atoms with van der Waals surface area (Å²) in [7, 11) is 0.